The zero-order valence-electron chi connectivity index (χ0n) is 6.15. The van der Waals surface area contributed by atoms with Crippen molar-refractivity contribution in [1.29, 1.82) is 0 Å². The van der Waals surface area contributed by atoms with E-state index in [1.165, 1.54) is 0 Å². The molecule has 0 aliphatic carbocycles. The van der Waals surface area contributed by atoms with Crippen LogP contribution in [0.3, 0.4) is 0 Å². The van der Waals surface area contributed by atoms with Gasteiger partial charge in [0.25, 0.3) is 0 Å². The van der Waals surface area contributed by atoms with E-state index in [4.69, 9.17) is 0 Å². The minimum Gasteiger partial charge on any atom is -0.261 e. The van der Waals surface area contributed by atoms with Gasteiger partial charge in [0, 0.05) is 19.4 Å². The monoisotopic (exact) mass is 136 g/mol. The minimum absolute atomic E-state index is 0.161. The van der Waals surface area contributed by atoms with E-state index in [0.29, 0.717) is 0 Å². The van der Waals surface area contributed by atoms with Gasteiger partial charge in [-0.15, -0.1) is 0 Å². The standard InChI is InChI=1S/C7H10N3/c1-6(8-2)7-5-9-3-4-10-7/h3-6H,1-2H3. The van der Waals surface area contributed by atoms with Gasteiger partial charge in [0.05, 0.1) is 17.9 Å². The third-order valence-electron chi connectivity index (χ3n) is 1.40. The van der Waals surface area contributed by atoms with Crippen LogP contribution >= 0.6 is 0 Å². The van der Waals surface area contributed by atoms with Gasteiger partial charge in [0.1, 0.15) is 0 Å². The molecule has 0 fully saturated rings. The Labute approximate surface area is 60.5 Å². The van der Waals surface area contributed by atoms with Gasteiger partial charge in [-0.3, -0.25) is 9.97 Å². The molecule has 0 saturated heterocycles. The Morgan fingerprint density at radius 1 is 1.50 bits per heavy atom. The second kappa shape index (κ2) is 3.27. The van der Waals surface area contributed by atoms with E-state index in [1.807, 2.05) is 6.92 Å². The van der Waals surface area contributed by atoms with Crippen LogP contribution in [0.15, 0.2) is 18.6 Å². The Bertz CT molecular complexity index is 185. The Kier molecular flexibility index (Phi) is 2.34. The van der Waals surface area contributed by atoms with E-state index in [-0.39, 0.29) is 6.04 Å². The van der Waals surface area contributed by atoms with E-state index >= 15 is 0 Å². The summed E-state index contributed by atoms with van der Waals surface area (Å²) in [5.41, 5.74) is 0.921. The molecule has 0 amide bonds. The molecular formula is C7H10N3. The lowest BCUT2D eigenvalue weighted by molar-refractivity contribution is 0.617. The molecule has 0 N–H and O–H groups in total. The van der Waals surface area contributed by atoms with Gasteiger partial charge in [-0.1, -0.05) is 0 Å². The molecule has 1 radical (unpaired) electrons. The normalized spacial score (nSPS) is 13.0. The predicted octanol–water partition coefficient (Wildman–Crippen LogP) is 0.772. The van der Waals surface area contributed by atoms with Gasteiger partial charge in [-0.05, 0) is 6.92 Å². The zero-order valence-corrected chi connectivity index (χ0v) is 6.15. The maximum Gasteiger partial charge on any atom is 0.0769 e. The third-order valence-corrected chi connectivity index (χ3v) is 1.40. The average Bonchev–Trinajstić information content (AvgIpc) is 2.05. The summed E-state index contributed by atoms with van der Waals surface area (Å²) >= 11 is 0. The van der Waals surface area contributed by atoms with Crippen molar-refractivity contribution in [1.82, 2.24) is 15.3 Å². The van der Waals surface area contributed by atoms with Crippen LogP contribution in [0, 0.1) is 0 Å². The highest BCUT2D eigenvalue weighted by molar-refractivity contribution is 4.99. The fraction of sp³-hybridized carbons (Fsp3) is 0.429. The number of hydrogen-bond donors (Lipinski definition) is 0. The van der Waals surface area contributed by atoms with Gasteiger partial charge in [-0.2, -0.15) is 0 Å². The first kappa shape index (κ1) is 7.15. The SMILES string of the molecule is C[N]C(C)c1cnccn1. The Hall–Kier alpha value is -0.960. The quantitative estimate of drug-likeness (QED) is 0.602. The first-order valence-electron chi connectivity index (χ1n) is 3.19. The highest BCUT2D eigenvalue weighted by Crippen LogP contribution is 2.05. The van der Waals surface area contributed by atoms with Gasteiger partial charge in [0.2, 0.25) is 0 Å². The molecule has 0 saturated carbocycles. The maximum absolute atomic E-state index is 4.09. The van der Waals surface area contributed by atoms with Gasteiger partial charge in [0.15, 0.2) is 0 Å². The van der Waals surface area contributed by atoms with Crippen molar-refractivity contribution in [2.24, 2.45) is 0 Å². The van der Waals surface area contributed by atoms with Crippen LogP contribution in [-0.4, -0.2) is 17.0 Å². The van der Waals surface area contributed by atoms with Crippen LogP contribution in [0.2, 0.25) is 0 Å². The highest BCUT2D eigenvalue weighted by atomic mass is 14.9. The largest absolute Gasteiger partial charge is 0.261 e. The van der Waals surface area contributed by atoms with Crippen molar-refractivity contribution in [2.45, 2.75) is 13.0 Å². The lowest BCUT2D eigenvalue weighted by Gasteiger charge is -2.04. The summed E-state index contributed by atoms with van der Waals surface area (Å²) in [6, 6.07) is 0.161. The summed E-state index contributed by atoms with van der Waals surface area (Å²) in [6.07, 6.45) is 5.07. The molecule has 0 spiro atoms. The molecule has 1 heterocycles. The Balaban J connectivity index is 2.75. The van der Waals surface area contributed by atoms with Crippen LogP contribution in [0.5, 0.6) is 0 Å². The molecule has 1 unspecified atom stereocenters. The molecule has 3 nitrogen and oxygen atoms in total. The first-order valence-corrected chi connectivity index (χ1v) is 3.19. The third kappa shape index (κ3) is 1.51. The topological polar surface area (TPSA) is 39.9 Å². The van der Waals surface area contributed by atoms with Gasteiger partial charge < -0.3 is 0 Å². The molecule has 3 heteroatoms. The molecule has 0 aromatic carbocycles. The van der Waals surface area contributed by atoms with Crippen LogP contribution in [0.4, 0.5) is 0 Å². The smallest absolute Gasteiger partial charge is 0.0769 e. The number of aromatic nitrogens is 2. The van der Waals surface area contributed by atoms with E-state index < -0.39 is 0 Å². The zero-order chi connectivity index (χ0) is 7.40. The Morgan fingerprint density at radius 3 is 2.80 bits per heavy atom. The van der Waals surface area contributed by atoms with E-state index in [2.05, 4.69) is 15.3 Å². The van der Waals surface area contributed by atoms with E-state index in [1.54, 1.807) is 25.6 Å². The maximum atomic E-state index is 4.09. The molecule has 53 valence electrons. The molecule has 0 aliphatic rings. The van der Waals surface area contributed by atoms with Crippen molar-refractivity contribution < 1.29 is 0 Å². The van der Waals surface area contributed by atoms with Crippen molar-refractivity contribution in [3.63, 3.8) is 0 Å². The van der Waals surface area contributed by atoms with Crippen molar-refractivity contribution in [3.8, 4) is 0 Å². The lowest BCUT2D eigenvalue weighted by Crippen LogP contribution is -2.06. The fourth-order valence-electron chi connectivity index (χ4n) is 0.659. The molecule has 10 heavy (non-hydrogen) atoms. The molecule has 1 aromatic heterocycles. The van der Waals surface area contributed by atoms with E-state index in [0.717, 1.165) is 5.69 Å². The van der Waals surface area contributed by atoms with Crippen molar-refractivity contribution in [3.05, 3.63) is 24.3 Å². The van der Waals surface area contributed by atoms with Crippen LogP contribution in [-0.2, 0) is 0 Å². The summed E-state index contributed by atoms with van der Waals surface area (Å²) in [4.78, 5) is 8.02. The highest BCUT2D eigenvalue weighted by Gasteiger charge is 2.02. The summed E-state index contributed by atoms with van der Waals surface area (Å²) in [7, 11) is 1.78. The number of hydrogen-bond acceptors (Lipinski definition) is 2. The second-order valence-electron chi connectivity index (χ2n) is 2.06. The molecule has 0 bridgehead atoms. The fourth-order valence-corrected chi connectivity index (χ4v) is 0.659. The minimum atomic E-state index is 0.161. The molecule has 1 atom stereocenters. The van der Waals surface area contributed by atoms with Crippen LogP contribution < -0.4 is 5.32 Å². The lowest BCUT2D eigenvalue weighted by atomic mass is 10.2. The van der Waals surface area contributed by atoms with Gasteiger partial charge >= 0.3 is 0 Å². The van der Waals surface area contributed by atoms with E-state index in [9.17, 15) is 0 Å². The predicted molar refractivity (Wildman–Crippen MR) is 38.5 cm³/mol. The molecule has 1 rings (SSSR count). The molecular weight excluding hydrogens is 126 g/mol. The van der Waals surface area contributed by atoms with Crippen LogP contribution in [0.25, 0.3) is 0 Å². The van der Waals surface area contributed by atoms with Crippen molar-refractivity contribution in [2.75, 3.05) is 7.05 Å². The second-order valence-corrected chi connectivity index (χ2v) is 2.06. The summed E-state index contributed by atoms with van der Waals surface area (Å²) < 4.78 is 0. The van der Waals surface area contributed by atoms with Gasteiger partial charge in [-0.25, -0.2) is 5.32 Å². The summed E-state index contributed by atoms with van der Waals surface area (Å²) in [5, 5.41) is 4.06. The number of rotatable bonds is 2. The molecule has 1 aromatic rings. The number of nitrogens with zero attached hydrogens (tertiary/aromatic N) is 3. The average molecular weight is 136 g/mol. The summed E-state index contributed by atoms with van der Waals surface area (Å²) in [6.45, 7) is 1.99. The van der Waals surface area contributed by atoms with Crippen LogP contribution in [0.1, 0.15) is 18.7 Å². The first-order chi connectivity index (χ1) is 4.84. The molecule has 0 aliphatic heterocycles. The Morgan fingerprint density at radius 2 is 2.30 bits per heavy atom. The summed E-state index contributed by atoms with van der Waals surface area (Å²) in [5.74, 6) is 0. The van der Waals surface area contributed by atoms with Crippen molar-refractivity contribution >= 4 is 0 Å².